The van der Waals surface area contributed by atoms with Gasteiger partial charge in [0.15, 0.2) is 0 Å². The summed E-state index contributed by atoms with van der Waals surface area (Å²) in [6.45, 7) is 0. The number of fused-ring (bicyclic) bond motifs is 2. The minimum Gasteiger partial charge on any atom is -0.438 e. The summed E-state index contributed by atoms with van der Waals surface area (Å²) >= 11 is 3.46. The molecule has 2 heterocycles. The highest BCUT2D eigenvalue weighted by Crippen LogP contribution is 2.25. The van der Waals surface area contributed by atoms with Crippen LogP contribution in [0.3, 0.4) is 0 Å². The average molecular weight is 354 g/mol. The topological polar surface area (TPSA) is 54.8 Å². The Balaban J connectivity index is 2.05. The number of aryl methyl sites for hydroxylation is 1. The quantitative estimate of drug-likeness (QED) is 0.556. The number of rotatable bonds is 1. The average Bonchev–Trinajstić information content (AvgIpc) is 2.84. The van der Waals surface area contributed by atoms with E-state index in [-0.39, 0.29) is 5.55 Å². The van der Waals surface area contributed by atoms with Crippen LogP contribution >= 0.6 is 15.9 Å². The zero-order valence-corrected chi connectivity index (χ0v) is 13.4. The van der Waals surface area contributed by atoms with Crippen LogP contribution in [0.4, 0.5) is 0 Å². The fourth-order valence-electron chi connectivity index (χ4n) is 2.66. The maximum Gasteiger partial charge on any atom is 0.223 e. The molecule has 22 heavy (non-hydrogen) atoms. The number of benzene rings is 2. The third-order valence-electron chi connectivity index (χ3n) is 3.76. The van der Waals surface area contributed by atoms with Gasteiger partial charge in [0.25, 0.3) is 0 Å². The van der Waals surface area contributed by atoms with Crippen molar-refractivity contribution < 1.29 is 4.42 Å². The molecule has 0 fully saturated rings. The lowest BCUT2D eigenvalue weighted by molar-refractivity contribution is 0.535. The van der Waals surface area contributed by atoms with Crippen molar-refractivity contribution in [1.82, 2.24) is 9.55 Å². The molecule has 0 aliphatic heterocycles. The molecule has 0 amide bonds. The number of nitrogens with zero attached hydrogens (tertiary/aromatic N) is 2. The van der Waals surface area contributed by atoms with E-state index in [1.165, 1.54) is 0 Å². The van der Waals surface area contributed by atoms with E-state index in [1.54, 1.807) is 0 Å². The van der Waals surface area contributed by atoms with Crippen LogP contribution in [0.25, 0.3) is 33.4 Å². The van der Waals surface area contributed by atoms with E-state index in [9.17, 15) is 0 Å². The van der Waals surface area contributed by atoms with Crippen molar-refractivity contribution in [2.45, 2.75) is 0 Å². The van der Waals surface area contributed by atoms with Crippen LogP contribution in [0.1, 0.15) is 0 Å². The second-order valence-corrected chi connectivity index (χ2v) is 6.07. The Bertz CT molecular complexity index is 1080. The van der Waals surface area contributed by atoms with E-state index in [4.69, 9.17) is 9.83 Å². The van der Waals surface area contributed by atoms with Crippen molar-refractivity contribution in [3.05, 3.63) is 58.6 Å². The normalized spacial score (nSPS) is 11.4. The van der Waals surface area contributed by atoms with Gasteiger partial charge in [-0.2, -0.15) is 0 Å². The molecule has 2 aromatic heterocycles. The van der Waals surface area contributed by atoms with Gasteiger partial charge in [0.1, 0.15) is 11.4 Å². The second kappa shape index (κ2) is 4.81. The minimum absolute atomic E-state index is 0.119. The second-order valence-electron chi connectivity index (χ2n) is 5.15. The summed E-state index contributed by atoms with van der Waals surface area (Å²) in [6, 6.07) is 15.6. The number of hydrogen-bond acceptors (Lipinski definition) is 3. The van der Waals surface area contributed by atoms with E-state index < -0.39 is 0 Å². The molecule has 0 aliphatic carbocycles. The molecule has 4 aromatic rings. The van der Waals surface area contributed by atoms with Crippen LogP contribution in [0, 0.1) is 5.41 Å². The molecular weight excluding hydrogens is 342 g/mol. The predicted molar refractivity (Wildman–Crippen MR) is 89.5 cm³/mol. The van der Waals surface area contributed by atoms with Gasteiger partial charge >= 0.3 is 0 Å². The Morgan fingerprint density at radius 1 is 1.14 bits per heavy atom. The van der Waals surface area contributed by atoms with Crippen LogP contribution < -0.4 is 5.55 Å². The van der Waals surface area contributed by atoms with E-state index in [1.807, 2.05) is 60.1 Å². The standard InChI is InChI=1S/C17H12BrN3O/c1-21-14-5-3-2-4-13(14)20-17(21)12-9-10-8-11(18)6-7-15(10)22-16(12)19/h2-9,19H,1H3. The Morgan fingerprint density at radius 2 is 1.95 bits per heavy atom. The maximum atomic E-state index is 8.18. The molecule has 4 rings (SSSR count). The van der Waals surface area contributed by atoms with Crippen LogP contribution in [-0.4, -0.2) is 9.55 Å². The zero-order valence-electron chi connectivity index (χ0n) is 11.8. The first-order valence-corrected chi connectivity index (χ1v) is 7.62. The lowest BCUT2D eigenvalue weighted by atomic mass is 10.2. The molecule has 0 spiro atoms. The van der Waals surface area contributed by atoms with Gasteiger partial charge in [-0.05, 0) is 36.4 Å². The van der Waals surface area contributed by atoms with E-state index in [0.717, 1.165) is 26.7 Å². The number of halogens is 1. The molecule has 108 valence electrons. The number of imidazole rings is 1. The first-order chi connectivity index (χ1) is 10.6. The number of nitrogens with one attached hydrogen (secondary N) is 1. The zero-order chi connectivity index (χ0) is 15.3. The van der Waals surface area contributed by atoms with Gasteiger partial charge in [-0.25, -0.2) is 4.98 Å². The van der Waals surface area contributed by atoms with Crippen LogP contribution in [0.15, 0.2) is 57.4 Å². The van der Waals surface area contributed by atoms with Gasteiger partial charge in [-0.15, -0.1) is 0 Å². The van der Waals surface area contributed by atoms with E-state index in [2.05, 4.69) is 20.9 Å². The van der Waals surface area contributed by atoms with Crippen molar-refractivity contribution in [2.75, 3.05) is 0 Å². The molecule has 2 aromatic carbocycles. The number of hydrogen-bond donors (Lipinski definition) is 1. The van der Waals surface area contributed by atoms with Crippen molar-refractivity contribution in [3.63, 3.8) is 0 Å². The van der Waals surface area contributed by atoms with Gasteiger partial charge in [0, 0.05) is 16.9 Å². The predicted octanol–water partition coefficient (Wildman–Crippen LogP) is 4.23. The van der Waals surface area contributed by atoms with Gasteiger partial charge in [-0.3, -0.25) is 5.41 Å². The minimum atomic E-state index is 0.119. The molecule has 5 heteroatoms. The molecular formula is C17H12BrN3O. The smallest absolute Gasteiger partial charge is 0.223 e. The molecule has 0 radical (unpaired) electrons. The maximum absolute atomic E-state index is 8.18. The summed E-state index contributed by atoms with van der Waals surface area (Å²) in [5, 5.41) is 9.12. The molecule has 0 saturated carbocycles. The van der Waals surface area contributed by atoms with Crippen LogP contribution in [0.5, 0.6) is 0 Å². The summed E-state index contributed by atoms with van der Waals surface area (Å²) in [6.07, 6.45) is 0. The van der Waals surface area contributed by atoms with E-state index in [0.29, 0.717) is 11.1 Å². The molecule has 0 unspecified atom stereocenters. The Morgan fingerprint density at radius 3 is 2.77 bits per heavy atom. The summed E-state index contributed by atoms with van der Waals surface area (Å²) in [5.41, 5.74) is 3.44. The van der Waals surface area contributed by atoms with Gasteiger partial charge in [0.2, 0.25) is 5.55 Å². The Kier molecular flexibility index (Phi) is 2.90. The number of aromatic nitrogens is 2. The SMILES string of the molecule is Cn1c(-c2cc3cc(Br)ccc3oc2=N)nc2ccccc21. The lowest BCUT2D eigenvalue weighted by Gasteiger charge is -2.05. The number of para-hydroxylation sites is 2. The molecule has 4 nitrogen and oxygen atoms in total. The monoisotopic (exact) mass is 353 g/mol. The summed E-state index contributed by atoms with van der Waals surface area (Å²) in [7, 11) is 1.95. The Hall–Kier alpha value is -2.40. The van der Waals surface area contributed by atoms with Crippen LogP contribution in [0.2, 0.25) is 0 Å². The Labute approximate surface area is 134 Å². The van der Waals surface area contributed by atoms with E-state index >= 15 is 0 Å². The highest BCUT2D eigenvalue weighted by atomic mass is 79.9. The van der Waals surface area contributed by atoms with Crippen molar-refractivity contribution in [1.29, 1.82) is 5.41 Å². The third kappa shape index (κ3) is 1.97. The van der Waals surface area contributed by atoms with Gasteiger partial charge in [0.05, 0.1) is 16.6 Å². The summed E-state index contributed by atoms with van der Waals surface area (Å²) in [5.74, 6) is 0.733. The van der Waals surface area contributed by atoms with Crippen molar-refractivity contribution in [2.24, 2.45) is 7.05 Å². The summed E-state index contributed by atoms with van der Waals surface area (Å²) in [4.78, 5) is 4.64. The molecule has 1 N–H and O–H groups in total. The third-order valence-corrected chi connectivity index (χ3v) is 4.25. The molecule has 0 bridgehead atoms. The van der Waals surface area contributed by atoms with Gasteiger partial charge in [-0.1, -0.05) is 28.1 Å². The molecule has 0 aliphatic rings. The largest absolute Gasteiger partial charge is 0.438 e. The van der Waals surface area contributed by atoms with Gasteiger partial charge < -0.3 is 8.98 Å². The highest BCUT2D eigenvalue weighted by molar-refractivity contribution is 9.10. The van der Waals surface area contributed by atoms with Crippen molar-refractivity contribution >= 4 is 37.9 Å². The lowest BCUT2D eigenvalue weighted by Crippen LogP contribution is -2.06. The molecule has 0 atom stereocenters. The van der Waals surface area contributed by atoms with Crippen LogP contribution in [-0.2, 0) is 7.05 Å². The fourth-order valence-corrected chi connectivity index (χ4v) is 3.04. The molecule has 0 saturated heterocycles. The first kappa shape index (κ1) is 13.3. The first-order valence-electron chi connectivity index (χ1n) is 6.83. The highest BCUT2D eigenvalue weighted by Gasteiger charge is 2.13. The van der Waals surface area contributed by atoms with Crippen molar-refractivity contribution in [3.8, 4) is 11.4 Å². The fraction of sp³-hybridized carbons (Fsp3) is 0.0588. The summed E-state index contributed by atoms with van der Waals surface area (Å²) < 4.78 is 8.61.